The number of hydrogen-bond donors (Lipinski definition) is 1. The Morgan fingerprint density at radius 3 is 2.76 bits per heavy atom. The third-order valence-corrected chi connectivity index (χ3v) is 2.93. The minimum Gasteiger partial charge on any atom is -0.408 e. The van der Waals surface area contributed by atoms with E-state index in [1.807, 2.05) is 36.4 Å². The standard InChI is InChI=1S/C13H8ClNO2/c14-10-4-2-1-3-9(10)8-5-6-12-11(7-8)15-13(16)17-12/h1-7H,(H,15,16). The monoisotopic (exact) mass is 245 g/mol. The van der Waals surface area contributed by atoms with E-state index in [2.05, 4.69) is 4.98 Å². The van der Waals surface area contributed by atoms with Gasteiger partial charge in [-0.15, -0.1) is 0 Å². The second kappa shape index (κ2) is 3.79. The molecule has 1 N–H and O–H groups in total. The van der Waals surface area contributed by atoms with E-state index in [1.165, 1.54) is 0 Å². The number of oxazole rings is 1. The molecule has 0 bridgehead atoms. The van der Waals surface area contributed by atoms with Gasteiger partial charge in [0.15, 0.2) is 5.58 Å². The summed E-state index contributed by atoms with van der Waals surface area (Å²) in [6, 6.07) is 13.0. The Labute approximate surface area is 102 Å². The maximum Gasteiger partial charge on any atom is 0.417 e. The van der Waals surface area contributed by atoms with E-state index in [4.69, 9.17) is 16.0 Å². The van der Waals surface area contributed by atoms with E-state index >= 15 is 0 Å². The fraction of sp³-hybridized carbons (Fsp3) is 0. The van der Waals surface area contributed by atoms with Crippen molar-refractivity contribution in [3.8, 4) is 11.1 Å². The molecular weight excluding hydrogens is 238 g/mol. The van der Waals surface area contributed by atoms with E-state index in [9.17, 15) is 4.79 Å². The Hall–Kier alpha value is -2.00. The first-order valence-corrected chi connectivity index (χ1v) is 5.49. The van der Waals surface area contributed by atoms with Crippen LogP contribution in [0, 0.1) is 0 Å². The van der Waals surface area contributed by atoms with Gasteiger partial charge in [-0.25, -0.2) is 4.79 Å². The van der Waals surface area contributed by atoms with Gasteiger partial charge in [0.1, 0.15) is 0 Å². The summed E-state index contributed by atoms with van der Waals surface area (Å²) in [7, 11) is 0. The molecule has 17 heavy (non-hydrogen) atoms. The first kappa shape index (κ1) is 10.2. The van der Waals surface area contributed by atoms with Crippen molar-refractivity contribution >= 4 is 22.7 Å². The highest BCUT2D eigenvalue weighted by atomic mass is 35.5. The zero-order chi connectivity index (χ0) is 11.8. The summed E-state index contributed by atoms with van der Waals surface area (Å²) < 4.78 is 4.94. The zero-order valence-corrected chi connectivity index (χ0v) is 9.49. The number of benzene rings is 2. The number of halogens is 1. The third-order valence-electron chi connectivity index (χ3n) is 2.60. The molecular formula is C13H8ClNO2. The van der Waals surface area contributed by atoms with Crippen LogP contribution >= 0.6 is 11.6 Å². The molecule has 0 fully saturated rings. The highest BCUT2D eigenvalue weighted by Crippen LogP contribution is 2.29. The normalized spacial score (nSPS) is 10.9. The van der Waals surface area contributed by atoms with E-state index in [-0.39, 0.29) is 0 Å². The fourth-order valence-corrected chi connectivity index (χ4v) is 2.06. The zero-order valence-electron chi connectivity index (χ0n) is 8.74. The Kier molecular flexibility index (Phi) is 2.27. The molecule has 0 aliphatic heterocycles. The van der Waals surface area contributed by atoms with Crippen LogP contribution < -0.4 is 5.76 Å². The topological polar surface area (TPSA) is 46.0 Å². The van der Waals surface area contributed by atoms with Crippen molar-refractivity contribution in [2.24, 2.45) is 0 Å². The molecule has 0 radical (unpaired) electrons. The summed E-state index contributed by atoms with van der Waals surface area (Å²) in [6.07, 6.45) is 0. The Morgan fingerprint density at radius 2 is 1.94 bits per heavy atom. The molecule has 0 aliphatic carbocycles. The lowest BCUT2D eigenvalue weighted by Crippen LogP contribution is -1.92. The van der Waals surface area contributed by atoms with E-state index in [1.54, 1.807) is 6.07 Å². The molecule has 0 spiro atoms. The highest BCUT2D eigenvalue weighted by molar-refractivity contribution is 6.33. The summed E-state index contributed by atoms with van der Waals surface area (Å²) >= 11 is 6.12. The van der Waals surface area contributed by atoms with Crippen molar-refractivity contribution in [2.45, 2.75) is 0 Å². The van der Waals surface area contributed by atoms with Crippen LogP contribution in [0.1, 0.15) is 0 Å². The minimum absolute atomic E-state index is 0.448. The molecule has 0 saturated heterocycles. The molecule has 0 atom stereocenters. The summed E-state index contributed by atoms with van der Waals surface area (Å²) in [6.45, 7) is 0. The number of rotatable bonds is 1. The van der Waals surface area contributed by atoms with Gasteiger partial charge in [-0.3, -0.25) is 4.98 Å². The Morgan fingerprint density at radius 1 is 1.12 bits per heavy atom. The van der Waals surface area contributed by atoms with Crippen molar-refractivity contribution < 1.29 is 4.42 Å². The van der Waals surface area contributed by atoms with Gasteiger partial charge in [-0.1, -0.05) is 35.9 Å². The van der Waals surface area contributed by atoms with Crippen LogP contribution in [-0.4, -0.2) is 4.98 Å². The van der Waals surface area contributed by atoms with Crippen LogP contribution in [0.25, 0.3) is 22.2 Å². The second-order valence-corrected chi connectivity index (χ2v) is 4.11. The largest absolute Gasteiger partial charge is 0.417 e. The molecule has 3 rings (SSSR count). The average Bonchev–Trinajstić information content (AvgIpc) is 2.68. The molecule has 1 heterocycles. The van der Waals surface area contributed by atoms with Crippen molar-refractivity contribution in [2.75, 3.05) is 0 Å². The van der Waals surface area contributed by atoms with Gasteiger partial charge < -0.3 is 4.42 Å². The Bertz CT molecular complexity index is 742. The van der Waals surface area contributed by atoms with Crippen molar-refractivity contribution in [1.82, 2.24) is 4.98 Å². The van der Waals surface area contributed by atoms with Crippen LogP contribution in [0.15, 0.2) is 51.7 Å². The van der Waals surface area contributed by atoms with Crippen molar-refractivity contribution in [3.05, 3.63) is 58.0 Å². The molecule has 84 valence electrons. The third kappa shape index (κ3) is 1.74. The number of fused-ring (bicyclic) bond motifs is 1. The molecule has 0 unspecified atom stereocenters. The fourth-order valence-electron chi connectivity index (χ4n) is 1.81. The van der Waals surface area contributed by atoms with Gasteiger partial charge in [0.05, 0.1) is 5.52 Å². The summed E-state index contributed by atoms with van der Waals surface area (Å²) in [4.78, 5) is 13.7. The summed E-state index contributed by atoms with van der Waals surface area (Å²) in [5.41, 5.74) is 3.09. The molecule has 0 saturated carbocycles. The first-order valence-electron chi connectivity index (χ1n) is 5.12. The lowest BCUT2D eigenvalue weighted by atomic mass is 10.1. The van der Waals surface area contributed by atoms with Gasteiger partial charge in [0.2, 0.25) is 0 Å². The van der Waals surface area contributed by atoms with Crippen molar-refractivity contribution in [3.63, 3.8) is 0 Å². The number of nitrogens with one attached hydrogen (secondary N) is 1. The van der Waals surface area contributed by atoms with Crippen molar-refractivity contribution in [1.29, 1.82) is 0 Å². The van der Waals surface area contributed by atoms with Crippen LogP contribution in [0.4, 0.5) is 0 Å². The van der Waals surface area contributed by atoms with E-state index in [0.717, 1.165) is 11.1 Å². The van der Waals surface area contributed by atoms with Gasteiger partial charge in [-0.05, 0) is 23.8 Å². The lowest BCUT2D eigenvalue weighted by molar-refractivity contribution is 0.555. The van der Waals surface area contributed by atoms with E-state index < -0.39 is 5.76 Å². The smallest absolute Gasteiger partial charge is 0.408 e. The SMILES string of the molecule is O=c1[nH]c2cc(-c3ccccc3Cl)ccc2o1. The number of H-pyrrole nitrogens is 1. The summed E-state index contributed by atoms with van der Waals surface area (Å²) in [5.74, 6) is -0.448. The van der Waals surface area contributed by atoms with Crippen LogP contribution in [0.3, 0.4) is 0 Å². The van der Waals surface area contributed by atoms with E-state index in [0.29, 0.717) is 16.1 Å². The highest BCUT2D eigenvalue weighted by Gasteiger charge is 2.06. The first-order chi connectivity index (χ1) is 8.24. The average molecular weight is 246 g/mol. The Balaban J connectivity index is 2.24. The number of aromatic amines is 1. The molecule has 4 heteroatoms. The molecule has 3 aromatic rings. The van der Waals surface area contributed by atoms with Gasteiger partial charge in [0, 0.05) is 10.6 Å². The van der Waals surface area contributed by atoms with Gasteiger partial charge in [0.25, 0.3) is 0 Å². The summed E-state index contributed by atoms with van der Waals surface area (Å²) in [5, 5.41) is 0.678. The van der Waals surface area contributed by atoms with Crippen LogP contribution in [0.2, 0.25) is 5.02 Å². The molecule has 1 aromatic heterocycles. The molecule has 3 nitrogen and oxygen atoms in total. The van der Waals surface area contributed by atoms with Gasteiger partial charge >= 0.3 is 5.76 Å². The molecule has 0 aliphatic rings. The van der Waals surface area contributed by atoms with Crippen LogP contribution in [-0.2, 0) is 0 Å². The van der Waals surface area contributed by atoms with Gasteiger partial charge in [-0.2, -0.15) is 0 Å². The maximum absolute atomic E-state index is 11.1. The predicted molar refractivity (Wildman–Crippen MR) is 67.3 cm³/mol. The lowest BCUT2D eigenvalue weighted by Gasteiger charge is -2.03. The molecule has 0 amide bonds. The van der Waals surface area contributed by atoms with Crippen LogP contribution in [0.5, 0.6) is 0 Å². The number of aromatic nitrogens is 1. The minimum atomic E-state index is -0.448. The quantitative estimate of drug-likeness (QED) is 0.714. The maximum atomic E-state index is 11.1. The number of hydrogen-bond acceptors (Lipinski definition) is 2. The molecule has 2 aromatic carbocycles. The second-order valence-electron chi connectivity index (χ2n) is 3.71. The predicted octanol–water partition coefficient (Wildman–Crippen LogP) is 3.44.